The first kappa shape index (κ1) is 28.0. The zero-order valence-corrected chi connectivity index (χ0v) is 23.8. The van der Waals surface area contributed by atoms with E-state index in [1.165, 1.54) is 6.07 Å². The highest BCUT2D eigenvalue weighted by molar-refractivity contribution is 6.97. The van der Waals surface area contributed by atoms with Gasteiger partial charge in [0.25, 0.3) is 0 Å². The van der Waals surface area contributed by atoms with Crippen LogP contribution in [0.25, 0.3) is 11.1 Å². The Morgan fingerprint density at radius 3 is 2.62 bits per heavy atom. The zero-order chi connectivity index (χ0) is 28.6. The molecule has 0 saturated carbocycles. The maximum atomic E-state index is 14.4. The molecule has 1 saturated heterocycles. The highest BCUT2D eigenvalue weighted by Gasteiger charge is 2.47. The van der Waals surface area contributed by atoms with Gasteiger partial charge in [0.05, 0.1) is 19.9 Å². The molecule has 1 amide bonds. The van der Waals surface area contributed by atoms with Gasteiger partial charge in [0, 0.05) is 30.7 Å². The summed E-state index contributed by atoms with van der Waals surface area (Å²) in [5.41, 5.74) is 2.43. The molecule has 0 aliphatic carbocycles. The van der Waals surface area contributed by atoms with Crippen LogP contribution in [0.4, 0.5) is 4.39 Å². The lowest BCUT2D eigenvalue weighted by atomic mass is 9.53. The topological polar surface area (TPSA) is 94.2 Å². The summed E-state index contributed by atoms with van der Waals surface area (Å²) in [5, 5.41) is 25.2. The lowest BCUT2D eigenvalue weighted by Gasteiger charge is -2.35. The van der Waals surface area contributed by atoms with E-state index in [1.54, 1.807) is 17.0 Å². The Bertz CT molecular complexity index is 1400. The molecule has 1 fully saturated rings. The van der Waals surface area contributed by atoms with Crippen LogP contribution in [0.5, 0.6) is 0 Å². The number of hydrogen-bond acceptors (Lipinski definition) is 7. The van der Waals surface area contributed by atoms with Crippen LogP contribution in [0.3, 0.4) is 0 Å². The van der Waals surface area contributed by atoms with Crippen molar-refractivity contribution in [3.05, 3.63) is 71.7 Å². The fourth-order valence-electron chi connectivity index (χ4n) is 5.87. The van der Waals surface area contributed by atoms with Crippen molar-refractivity contribution >= 4 is 32.2 Å². The molecule has 2 aliphatic rings. The van der Waals surface area contributed by atoms with Gasteiger partial charge in [0.2, 0.25) is 5.91 Å². The third-order valence-electron chi connectivity index (χ3n) is 8.10. The van der Waals surface area contributed by atoms with Gasteiger partial charge in [-0.15, -0.1) is 0 Å². The van der Waals surface area contributed by atoms with Crippen molar-refractivity contribution in [1.29, 1.82) is 0 Å². The normalized spacial score (nSPS) is 23.3. The minimum Gasteiger partial charge on any atom is -0.391 e. The first-order valence-corrected chi connectivity index (χ1v) is 14.1. The lowest BCUT2D eigenvalue weighted by molar-refractivity contribution is -0.134. The number of nitrogens with zero attached hydrogens (tertiary/aromatic N) is 4. The molecule has 208 valence electrons. The van der Waals surface area contributed by atoms with Crippen LogP contribution in [-0.4, -0.2) is 72.1 Å². The van der Waals surface area contributed by atoms with Gasteiger partial charge in [0.15, 0.2) is 5.66 Å². The van der Waals surface area contributed by atoms with Gasteiger partial charge in [0.1, 0.15) is 30.5 Å². The van der Waals surface area contributed by atoms with Crippen molar-refractivity contribution < 1.29 is 18.8 Å². The van der Waals surface area contributed by atoms with Gasteiger partial charge in [-0.2, -0.15) is 5.10 Å². The number of benzene rings is 2. The van der Waals surface area contributed by atoms with Crippen molar-refractivity contribution in [3.8, 4) is 11.1 Å². The molecular formula is C29H36B2FN5O3. The molecule has 0 radical (unpaired) electrons. The summed E-state index contributed by atoms with van der Waals surface area (Å²) in [6.45, 7) is 8.89. The first-order valence-electron chi connectivity index (χ1n) is 14.1. The van der Waals surface area contributed by atoms with Crippen LogP contribution < -0.4 is 10.9 Å². The van der Waals surface area contributed by atoms with Crippen LogP contribution >= 0.6 is 0 Å². The number of carbonyl (C=O) groups excluding carboxylic acids is 1. The summed E-state index contributed by atoms with van der Waals surface area (Å²) in [6, 6.07) is 16.0. The number of nitrogens with one attached hydrogen (secondary N) is 1. The van der Waals surface area contributed by atoms with E-state index in [0.717, 1.165) is 23.9 Å². The fourth-order valence-corrected chi connectivity index (χ4v) is 5.87. The van der Waals surface area contributed by atoms with E-state index in [-0.39, 0.29) is 24.2 Å². The summed E-state index contributed by atoms with van der Waals surface area (Å²) >= 11 is 0. The maximum absolute atomic E-state index is 14.4. The van der Waals surface area contributed by atoms with E-state index in [4.69, 9.17) is 9.62 Å². The minimum absolute atomic E-state index is 0.0209. The summed E-state index contributed by atoms with van der Waals surface area (Å²) in [6.07, 6.45) is -0.270. The van der Waals surface area contributed by atoms with E-state index in [0.29, 0.717) is 30.1 Å². The lowest BCUT2D eigenvalue weighted by Crippen LogP contribution is -2.52. The van der Waals surface area contributed by atoms with Crippen LogP contribution in [0.15, 0.2) is 64.2 Å². The van der Waals surface area contributed by atoms with Crippen molar-refractivity contribution in [3.63, 3.8) is 0 Å². The molecular weight excluding hydrogens is 507 g/mol. The Morgan fingerprint density at radius 1 is 1.27 bits per heavy atom. The highest BCUT2D eigenvalue weighted by atomic mass is 19.1. The van der Waals surface area contributed by atoms with Crippen LogP contribution in [-0.2, 0) is 10.5 Å². The van der Waals surface area contributed by atoms with E-state index in [1.807, 2.05) is 76.8 Å². The van der Waals surface area contributed by atoms with Gasteiger partial charge in [-0.3, -0.25) is 9.80 Å². The number of aliphatic hydroxyl groups is 1. The molecule has 40 heavy (non-hydrogen) atoms. The van der Waals surface area contributed by atoms with E-state index >= 15 is 0 Å². The van der Waals surface area contributed by atoms with E-state index in [2.05, 4.69) is 10.5 Å². The smallest absolute Gasteiger partial charge is 0.234 e. The van der Waals surface area contributed by atoms with Crippen molar-refractivity contribution in [2.45, 2.75) is 57.8 Å². The molecule has 11 heteroatoms. The standard InChI is InChI=1S/C29H36B2FN5O3/c1-5-37-29(4,19-12-10-18(11-13-19)21-8-6-7-9-22(21)32)33-27(34-37)23-14-20(38)16-36(23)28(39)26(17(2)3)24-15-25(31-30)35-40-24/h6-13,15,17,20,23,26,31,38H,5,14,16,30H2,1-4H3,(H,33,34)/t20-,23-,26?,29-/m1/s1. The number of hydrazone groups is 1. The molecule has 0 bridgehead atoms. The van der Waals surface area contributed by atoms with Crippen molar-refractivity contribution in [2.24, 2.45) is 11.0 Å². The van der Waals surface area contributed by atoms with Gasteiger partial charge >= 0.3 is 0 Å². The summed E-state index contributed by atoms with van der Waals surface area (Å²) < 4.78 is 19.9. The SMILES string of the molecule is BBc1cc(C(C(=O)N2C[C@H](O)C[C@@H]2C2=NN(CC)[C@](C)(c3ccc(-c4ccccc4F)cc3)N2)C(C)C)on1. The number of hydrogen-bond donors (Lipinski definition) is 2. The molecule has 3 aromatic rings. The van der Waals surface area contributed by atoms with E-state index in [9.17, 15) is 14.3 Å². The molecule has 1 unspecified atom stereocenters. The number of aromatic nitrogens is 1. The molecule has 5 rings (SSSR count). The molecule has 4 atom stereocenters. The maximum Gasteiger partial charge on any atom is 0.234 e. The van der Waals surface area contributed by atoms with Gasteiger partial charge in [-0.1, -0.05) is 61.5 Å². The number of carbonyl (C=O) groups is 1. The van der Waals surface area contributed by atoms with Crippen LogP contribution in [0.1, 0.15) is 51.4 Å². The Morgan fingerprint density at radius 2 is 2.00 bits per heavy atom. The number of aliphatic hydroxyl groups excluding tert-OH is 1. The number of halogens is 1. The van der Waals surface area contributed by atoms with Gasteiger partial charge in [-0.25, -0.2) is 4.39 Å². The molecule has 8 nitrogen and oxygen atoms in total. The molecule has 1 aromatic heterocycles. The fraction of sp³-hybridized carbons (Fsp3) is 0.414. The second-order valence-corrected chi connectivity index (χ2v) is 11.1. The second-order valence-electron chi connectivity index (χ2n) is 11.1. The predicted octanol–water partition coefficient (Wildman–Crippen LogP) is 1.90. The average Bonchev–Trinajstić information content (AvgIpc) is 3.66. The molecule has 2 aromatic carbocycles. The number of rotatable bonds is 8. The number of β-amino-alcohol motifs (C(OH)–C–C–N with tert-alkyl or cyclic N) is 1. The molecule has 2 aliphatic heterocycles. The quantitative estimate of drug-likeness (QED) is 0.422. The third kappa shape index (κ3) is 5.03. The number of amidine groups is 1. The van der Waals surface area contributed by atoms with Crippen LogP contribution in [0, 0.1) is 11.7 Å². The summed E-state index contributed by atoms with van der Waals surface area (Å²) in [4.78, 5) is 15.7. The highest BCUT2D eigenvalue weighted by Crippen LogP contribution is 2.36. The number of likely N-dealkylation sites (tertiary alicyclic amines) is 1. The van der Waals surface area contributed by atoms with Crippen molar-refractivity contribution in [1.82, 2.24) is 20.4 Å². The van der Waals surface area contributed by atoms with Gasteiger partial charge < -0.3 is 19.8 Å². The largest absolute Gasteiger partial charge is 0.391 e. The third-order valence-corrected chi connectivity index (χ3v) is 8.10. The summed E-state index contributed by atoms with van der Waals surface area (Å²) in [7, 11) is 2.72. The van der Waals surface area contributed by atoms with E-state index < -0.39 is 23.7 Å². The Hall–Kier alpha value is -3.59. The molecule has 2 N–H and O–H groups in total. The Labute approximate surface area is 236 Å². The van der Waals surface area contributed by atoms with Crippen LogP contribution in [0.2, 0.25) is 0 Å². The zero-order valence-electron chi connectivity index (χ0n) is 23.8. The van der Waals surface area contributed by atoms with Gasteiger partial charge in [-0.05, 0) is 43.0 Å². The second kappa shape index (κ2) is 11.1. The van der Waals surface area contributed by atoms with Crippen molar-refractivity contribution in [2.75, 3.05) is 13.1 Å². The minimum atomic E-state index is -0.682. The Balaban J connectivity index is 1.41. The predicted molar refractivity (Wildman–Crippen MR) is 158 cm³/mol. The molecule has 3 heterocycles. The monoisotopic (exact) mass is 543 g/mol. The molecule has 0 spiro atoms. The Kier molecular flexibility index (Phi) is 7.77. The summed E-state index contributed by atoms with van der Waals surface area (Å²) in [5.74, 6) is 0.289. The number of amides is 1. The first-order chi connectivity index (χ1) is 19.2. The average molecular weight is 543 g/mol.